The van der Waals surface area contributed by atoms with Crippen LogP contribution in [0.15, 0.2) is 23.2 Å². The highest BCUT2D eigenvalue weighted by molar-refractivity contribution is 7.80. The van der Waals surface area contributed by atoms with E-state index in [0.717, 1.165) is 12.1 Å². The van der Waals surface area contributed by atoms with Crippen molar-refractivity contribution in [1.82, 2.24) is 15.0 Å². The number of hydrogen-bond acceptors (Lipinski definition) is 4. The Labute approximate surface area is 96.0 Å². The molecule has 82 valence electrons. The average Bonchev–Trinajstić information content (AvgIpc) is 2.20. The summed E-state index contributed by atoms with van der Waals surface area (Å²) in [4.78, 5) is 11.5. The Bertz CT molecular complexity index is 525. The van der Waals surface area contributed by atoms with Crippen molar-refractivity contribution in [3.8, 4) is 11.3 Å². The second-order valence-corrected chi connectivity index (χ2v) is 3.63. The maximum Gasteiger partial charge on any atom is 0.216 e. The summed E-state index contributed by atoms with van der Waals surface area (Å²) >= 11 is 4.13. The molecule has 6 heteroatoms. The van der Waals surface area contributed by atoms with Gasteiger partial charge in [0.2, 0.25) is 11.9 Å². The van der Waals surface area contributed by atoms with E-state index in [1.54, 1.807) is 6.92 Å². The Morgan fingerprint density at radius 3 is 2.38 bits per heavy atom. The minimum atomic E-state index is -0.890. The molecule has 0 saturated heterocycles. The van der Waals surface area contributed by atoms with Gasteiger partial charge in [-0.15, -0.1) is 12.6 Å². The normalized spacial score (nSPS) is 10.5. The van der Waals surface area contributed by atoms with E-state index >= 15 is 0 Å². The Balaban J connectivity index is 2.62. The number of aryl methyl sites for hydroxylation is 1. The van der Waals surface area contributed by atoms with Gasteiger partial charge in [-0.3, -0.25) is 0 Å². The zero-order valence-corrected chi connectivity index (χ0v) is 9.17. The molecule has 2 rings (SSSR count). The van der Waals surface area contributed by atoms with Crippen molar-refractivity contribution in [3.05, 3.63) is 36.0 Å². The van der Waals surface area contributed by atoms with E-state index in [2.05, 4.69) is 27.6 Å². The lowest BCUT2D eigenvalue weighted by Gasteiger charge is -2.04. The van der Waals surface area contributed by atoms with Gasteiger partial charge in [0.1, 0.15) is 5.82 Å². The van der Waals surface area contributed by atoms with E-state index in [4.69, 9.17) is 0 Å². The van der Waals surface area contributed by atoms with Crippen molar-refractivity contribution >= 4 is 12.6 Å². The number of aromatic nitrogens is 3. The summed E-state index contributed by atoms with van der Waals surface area (Å²) in [6, 6.07) is 2.20. The quantitative estimate of drug-likeness (QED) is 0.613. The van der Waals surface area contributed by atoms with Crippen LogP contribution < -0.4 is 0 Å². The minimum absolute atomic E-state index is 0.292. The second kappa shape index (κ2) is 4.13. The maximum absolute atomic E-state index is 12.9. The van der Waals surface area contributed by atoms with Crippen LogP contribution in [0.4, 0.5) is 8.78 Å². The molecule has 0 unspecified atom stereocenters. The summed E-state index contributed by atoms with van der Waals surface area (Å²) in [5.74, 6) is -1.27. The number of pyridine rings is 1. The number of hydrogen-bond donors (Lipinski definition) is 1. The summed E-state index contributed by atoms with van der Waals surface area (Å²) < 4.78 is 25.9. The summed E-state index contributed by atoms with van der Waals surface area (Å²) in [5.41, 5.74) is 0.677. The number of nitrogens with zero attached hydrogens (tertiary/aromatic N) is 3. The SMILES string of the molecule is Cc1ncc(S)c(-c2cc(F)nc(F)c2)n1. The lowest BCUT2D eigenvalue weighted by Crippen LogP contribution is -1.95. The molecule has 2 aromatic rings. The van der Waals surface area contributed by atoms with E-state index in [1.165, 1.54) is 6.20 Å². The van der Waals surface area contributed by atoms with Crippen LogP contribution in [0.25, 0.3) is 11.3 Å². The molecule has 0 spiro atoms. The third-order valence-corrected chi connectivity index (χ3v) is 2.25. The van der Waals surface area contributed by atoms with Gasteiger partial charge in [0, 0.05) is 28.8 Å². The first-order valence-corrected chi connectivity index (χ1v) is 4.87. The van der Waals surface area contributed by atoms with Gasteiger partial charge in [-0.2, -0.15) is 13.8 Å². The summed E-state index contributed by atoms with van der Waals surface area (Å²) in [6.07, 6.45) is 1.48. The van der Waals surface area contributed by atoms with E-state index in [1.807, 2.05) is 0 Å². The average molecular weight is 239 g/mol. The van der Waals surface area contributed by atoms with Crippen LogP contribution >= 0.6 is 12.6 Å². The van der Waals surface area contributed by atoms with Crippen molar-refractivity contribution in [3.63, 3.8) is 0 Å². The topological polar surface area (TPSA) is 38.7 Å². The fraction of sp³-hybridized carbons (Fsp3) is 0.100. The zero-order valence-electron chi connectivity index (χ0n) is 8.28. The molecule has 3 nitrogen and oxygen atoms in total. The zero-order chi connectivity index (χ0) is 11.7. The van der Waals surface area contributed by atoms with Gasteiger partial charge in [0.15, 0.2) is 0 Å². The fourth-order valence-electron chi connectivity index (χ4n) is 1.28. The predicted molar refractivity (Wildman–Crippen MR) is 57.2 cm³/mol. The lowest BCUT2D eigenvalue weighted by molar-refractivity contribution is 0.513. The number of halogens is 2. The van der Waals surface area contributed by atoms with Crippen LogP contribution in [0.2, 0.25) is 0 Å². The third-order valence-electron chi connectivity index (χ3n) is 1.93. The van der Waals surface area contributed by atoms with E-state index < -0.39 is 11.9 Å². The third kappa shape index (κ3) is 2.16. The lowest BCUT2D eigenvalue weighted by atomic mass is 10.2. The largest absolute Gasteiger partial charge is 0.240 e. The van der Waals surface area contributed by atoms with Crippen LogP contribution in [-0.4, -0.2) is 15.0 Å². The Hall–Kier alpha value is -1.56. The molecule has 16 heavy (non-hydrogen) atoms. The van der Waals surface area contributed by atoms with Crippen LogP contribution in [0.1, 0.15) is 5.82 Å². The first-order valence-electron chi connectivity index (χ1n) is 4.42. The van der Waals surface area contributed by atoms with Crippen molar-refractivity contribution in [2.24, 2.45) is 0 Å². The Morgan fingerprint density at radius 2 is 1.75 bits per heavy atom. The van der Waals surface area contributed by atoms with Gasteiger partial charge in [-0.1, -0.05) is 0 Å². The van der Waals surface area contributed by atoms with E-state index in [-0.39, 0.29) is 0 Å². The number of rotatable bonds is 1. The Kier molecular flexibility index (Phi) is 2.82. The maximum atomic E-state index is 12.9. The minimum Gasteiger partial charge on any atom is -0.240 e. The van der Waals surface area contributed by atoms with E-state index in [0.29, 0.717) is 22.0 Å². The molecule has 0 atom stereocenters. The standard InChI is InChI=1S/C10H7F2N3S/c1-5-13-4-7(16)10(14-5)6-2-8(11)15-9(12)3-6/h2-4,16H,1H3. The van der Waals surface area contributed by atoms with Crippen molar-refractivity contribution in [2.45, 2.75) is 11.8 Å². The highest BCUT2D eigenvalue weighted by Gasteiger charge is 2.09. The van der Waals surface area contributed by atoms with Gasteiger partial charge in [0.25, 0.3) is 0 Å². The molecular weight excluding hydrogens is 232 g/mol. The first-order chi connectivity index (χ1) is 7.56. The van der Waals surface area contributed by atoms with Crippen LogP contribution in [0.5, 0.6) is 0 Å². The van der Waals surface area contributed by atoms with Crippen molar-refractivity contribution < 1.29 is 8.78 Å². The van der Waals surface area contributed by atoms with Gasteiger partial charge in [0.05, 0.1) is 5.69 Å². The number of thiol groups is 1. The summed E-state index contributed by atoms with van der Waals surface area (Å²) in [7, 11) is 0. The monoisotopic (exact) mass is 239 g/mol. The molecule has 0 aliphatic heterocycles. The van der Waals surface area contributed by atoms with Crippen LogP contribution in [-0.2, 0) is 0 Å². The molecule has 0 fully saturated rings. The predicted octanol–water partition coefficient (Wildman–Crippen LogP) is 2.41. The van der Waals surface area contributed by atoms with Gasteiger partial charge in [-0.05, 0) is 6.92 Å². The Morgan fingerprint density at radius 1 is 1.12 bits per heavy atom. The van der Waals surface area contributed by atoms with Gasteiger partial charge < -0.3 is 0 Å². The molecule has 2 aromatic heterocycles. The first kappa shape index (κ1) is 10.9. The van der Waals surface area contributed by atoms with Gasteiger partial charge >= 0.3 is 0 Å². The fourth-order valence-corrected chi connectivity index (χ4v) is 1.51. The highest BCUT2D eigenvalue weighted by atomic mass is 32.1. The second-order valence-electron chi connectivity index (χ2n) is 3.15. The van der Waals surface area contributed by atoms with Crippen LogP contribution in [0.3, 0.4) is 0 Å². The molecule has 0 aromatic carbocycles. The van der Waals surface area contributed by atoms with Gasteiger partial charge in [-0.25, -0.2) is 9.97 Å². The molecule has 0 amide bonds. The summed E-state index contributed by atoms with van der Waals surface area (Å²) in [6.45, 7) is 1.69. The molecule has 0 aliphatic carbocycles. The molecule has 0 saturated carbocycles. The molecule has 0 radical (unpaired) electrons. The molecule has 2 heterocycles. The highest BCUT2D eigenvalue weighted by Crippen LogP contribution is 2.24. The van der Waals surface area contributed by atoms with E-state index in [9.17, 15) is 8.78 Å². The molecule has 0 bridgehead atoms. The smallest absolute Gasteiger partial charge is 0.216 e. The molecular formula is C10H7F2N3S. The van der Waals surface area contributed by atoms with Crippen molar-refractivity contribution in [1.29, 1.82) is 0 Å². The van der Waals surface area contributed by atoms with Crippen LogP contribution in [0, 0.1) is 18.8 Å². The molecule has 0 aliphatic rings. The molecule has 0 N–H and O–H groups in total. The summed E-state index contributed by atoms with van der Waals surface area (Å²) in [5, 5.41) is 0. The van der Waals surface area contributed by atoms with Crippen molar-refractivity contribution in [2.75, 3.05) is 0 Å².